The minimum Gasteiger partial charge on any atom is -0.352 e. The first-order valence-corrected chi connectivity index (χ1v) is 6.76. The number of likely N-dealkylation sites (N-methyl/N-ethyl adjacent to an activating group) is 1. The van der Waals surface area contributed by atoms with E-state index < -0.39 is 0 Å². The molecule has 2 unspecified atom stereocenters. The van der Waals surface area contributed by atoms with E-state index in [9.17, 15) is 4.79 Å². The molecule has 4 nitrogen and oxygen atoms in total. The van der Waals surface area contributed by atoms with Gasteiger partial charge >= 0.3 is 0 Å². The summed E-state index contributed by atoms with van der Waals surface area (Å²) in [5.74, 6) is 0.196. The van der Waals surface area contributed by atoms with E-state index in [0.717, 1.165) is 39.1 Å². The molecule has 2 atom stereocenters. The highest BCUT2D eigenvalue weighted by Crippen LogP contribution is 2.24. The molecule has 0 spiro atoms. The lowest BCUT2D eigenvalue weighted by Gasteiger charge is -2.27. The summed E-state index contributed by atoms with van der Waals surface area (Å²) in [7, 11) is 0. The zero-order valence-electron chi connectivity index (χ0n) is 11.7. The number of nitrogens with one attached hydrogen (secondary N) is 2. The first-order valence-electron chi connectivity index (χ1n) is 6.76. The topological polar surface area (TPSA) is 44.4 Å². The second kappa shape index (κ2) is 6.36. The van der Waals surface area contributed by atoms with Crippen molar-refractivity contribution in [3.05, 3.63) is 0 Å². The fourth-order valence-corrected chi connectivity index (χ4v) is 2.32. The minimum absolute atomic E-state index is 0.196. The average Bonchev–Trinajstić information content (AvgIpc) is 2.74. The van der Waals surface area contributed by atoms with Crippen LogP contribution < -0.4 is 10.6 Å². The largest absolute Gasteiger partial charge is 0.352 e. The lowest BCUT2D eigenvalue weighted by molar-refractivity contribution is -0.130. The van der Waals surface area contributed by atoms with E-state index >= 15 is 0 Å². The third kappa shape index (κ3) is 3.96. The highest BCUT2D eigenvalue weighted by atomic mass is 16.2. The molecule has 0 aromatic heterocycles. The Morgan fingerprint density at radius 3 is 2.59 bits per heavy atom. The fraction of sp³-hybridized carbons (Fsp3) is 0.923. The van der Waals surface area contributed by atoms with Crippen molar-refractivity contribution in [3.8, 4) is 0 Å². The van der Waals surface area contributed by atoms with Gasteiger partial charge in [-0.25, -0.2) is 0 Å². The van der Waals surface area contributed by atoms with Crippen LogP contribution in [0.5, 0.6) is 0 Å². The molecule has 4 heteroatoms. The third-order valence-electron chi connectivity index (χ3n) is 3.72. The van der Waals surface area contributed by atoms with Crippen LogP contribution in [0.15, 0.2) is 0 Å². The third-order valence-corrected chi connectivity index (χ3v) is 3.72. The van der Waals surface area contributed by atoms with Gasteiger partial charge in [0.05, 0.1) is 5.41 Å². The van der Waals surface area contributed by atoms with Crippen LogP contribution >= 0.6 is 0 Å². The van der Waals surface area contributed by atoms with Crippen molar-refractivity contribution < 1.29 is 4.79 Å². The minimum atomic E-state index is -0.211. The number of carbonyl (C=O) groups excluding carboxylic acids is 1. The molecule has 0 aromatic carbocycles. The molecule has 0 aliphatic carbocycles. The maximum absolute atomic E-state index is 12.2. The summed E-state index contributed by atoms with van der Waals surface area (Å²) in [6.45, 7) is 13.2. The van der Waals surface area contributed by atoms with Crippen LogP contribution in [0.3, 0.4) is 0 Å². The number of rotatable bonds is 6. The van der Waals surface area contributed by atoms with Crippen LogP contribution in [0.1, 0.15) is 34.1 Å². The van der Waals surface area contributed by atoms with Crippen LogP contribution in [0.4, 0.5) is 0 Å². The number of hydrogen-bond acceptors (Lipinski definition) is 3. The van der Waals surface area contributed by atoms with Crippen LogP contribution in [0, 0.1) is 5.41 Å². The maximum atomic E-state index is 12.2. The first kappa shape index (κ1) is 14.5. The summed E-state index contributed by atoms with van der Waals surface area (Å²) < 4.78 is 0. The van der Waals surface area contributed by atoms with E-state index in [-0.39, 0.29) is 17.4 Å². The Bertz CT molecular complexity index is 245. The van der Waals surface area contributed by atoms with E-state index in [1.54, 1.807) is 0 Å². The van der Waals surface area contributed by atoms with Crippen molar-refractivity contribution in [2.45, 2.75) is 40.2 Å². The fourth-order valence-electron chi connectivity index (χ4n) is 2.32. The zero-order valence-corrected chi connectivity index (χ0v) is 11.7. The molecule has 2 N–H and O–H groups in total. The van der Waals surface area contributed by atoms with Gasteiger partial charge in [0, 0.05) is 19.1 Å². The van der Waals surface area contributed by atoms with Crippen molar-refractivity contribution in [2.75, 3.05) is 32.7 Å². The first-order chi connectivity index (χ1) is 8.01. The van der Waals surface area contributed by atoms with Crippen LogP contribution in [-0.2, 0) is 4.79 Å². The molecule has 0 aromatic rings. The Kier molecular flexibility index (Phi) is 5.40. The Hall–Kier alpha value is -0.610. The highest BCUT2D eigenvalue weighted by Gasteiger charge is 2.36. The molecule has 100 valence electrons. The Labute approximate surface area is 105 Å². The molecule has 17 heavy (non-hydrogen) atoms. The number of nitrogens with zero attached hydrogens (tertiary/aromatic N) is 1. The molecular formula is C13H27N3O. The molecule has 1 fully saturated rings. The Morgan fingerprint density at radius 1 is 1.47 bits per heavy atom. The van der Waals surface area contributed by atoms with E-state index in [0.29, 0.717) is 0 Å². The molecule has 1 saturated heterocycles. The van der Waals surface area contributed by atoms with Gasteiger partial charge in [0.25, 0.3) is 0 Å². The van der Waals surface area contributed by atoms with Gasteiger partial charge in [-0.3, -0.25) is 4.79 Å². The van der Waals surface area contributed by atoms with Gasteiger partial charge in [0.1, 0.15) is 0 Å². The molecule has 0 saturated carbocycles. The normalized spacial score (nSPS) is 26.2. The van der Waals surface area contributed by atoms with Gasteiger partial charge in [-0.15, -0.1) is 0 Å². The molecule has 1 heterocycles. The molecule has 0 bridgehead atoms. The van der Waals surface area contributed by atoms with Crippen LogP contribution in [0.2, 0.25) is 0 Å². The molecule has 1 rings (SSSR count). The molecule has 1 amide bonds. The Morgan fingerprint density at radius 2 is 2.12 bits per heavy atom. The van der Waals surface area contributed by atoms with E-state index in [1.165, 1.54) is 0 Å². The van der Waals surface area contributed by atoms with Gasteiger partial charge in [-0.05, 0) is 39.9 Å². The van der Waals surface area contributed by atoms with Gasteiger partial charge in [0.15, 0.2) is 0 Å². The summed E-state index contributed by atoms with van der Waals surface area (Å²) in [6, 6.07) is 0.222. The number of carbonyl (C=O) groups is 1. The molecule has 1 aliphatic heterocycles. The summed E-state index contributed by atoms with van der Waals surface area (Å²) in [5, 5.41) is 6.40. The summed E-state index contributed by atoms with van der Waals surface area (Å²) in [6.07, 6.45) is 0.941. The summed E-state index contributed by atoms with van der Waals surface area (Å²) >= 11 is 0. The van der Waals surface area contributed by atoms with Crippen LogP contribution in [0.25, 0.3) is 0 Å². The van der Waals surface area contributed by atoms with Crippen LogP contribution in [-0.4, -0.2) is 49.6 Å². The molecule has 0 radical (unpaired) electrons. The van der Waals surface area contributed by atoms with Gasteiger partial charge in [0.2, 0.25) is 5.91 Å². The van der Waals surface area contributed by atoms with Crippen molar-refractivity contribution in [1.29, 1.82) is 0 Å². The van der Waals surface area contributed by atoms with Gasteiger partial charge in [-0.1, -0.05) is 13.8 Å². The van der Waals surface area contributed by atoms with E-state index in [2.05, 4.69) is 36.3 Å². The second-order valence-electron chi connectivity index (χ2n) is 5.35. The van der Waals surface area contributed by atoms with Gasteiger partial charge in [-0.2, -0.15) is 0 Å². The zero-order chi connectivity index (χ0) is 12.9. The van der Waals surface area contributed by atoms with E-state index in [4.69, 9.17) is 0 Å². The monoisotopic (exact) mass is 241 g/mol. The van der Waals surface area contributed by atoms with Gasteiger partial charge < -0.3 is 15.5 Å². The predicted molar refractivity (Wildman–Crippen MR) is 71.0 cm³/mol. The van der Waals surface area contributed by atoms with Crippen molar-refractivity contribution in [1.82, 2.24) is 15.5 Å². The average molecular weight is 241 g/mol. The highest BCUT2D eigenvalue weighted by molar-refractivity contribution is 5.83. The molecular weight excluding hydrogens is 214 g/mol. The van der Waals surface area contributed by atoms with Crippen molar-refractivity contribution >= 4 is 5.91 Å². The lowest BCUT2D eigenvalue weighted by atomic mass is 9.88. The standard InChI is InChI=1S/C13H27N3O/c1-5-16(6-2)9-11(3)15-12(17)13(4)7-8-14-10-13/h11,14H,5-10H2,1-4H3,(H,15,17). The molecule has 1 aliphatic rings. The summed E-state index contributed by atoms with van der Waals surface area (Å²) in [4.78, 5) is 14.5. The predicted octanol–water partition coefficient (Wildman–Crippen LogP) is 0.833. The number of amides is 1. The van der Waals surface area contributed by atoms with Crippen molar-refractivity contribution in [3.63, 3.8) is 0 Å². The second-order valence-corrected chi connectivity index (χ2v) is 5.35. The SMILES string of the molecule is CCN(CC)CC(C)NC(=O)C1(C)CCNC1. The number of hydrogen-bond donors (Lipinski definition) is 2. The lowest BCUT2D eigenvalue weighted by Crippen LogP contribution is -2.48. The van der Waals surface area contributed by atoms with Crippen molar-refractivity contribution in [2.24, 2.45) is 5.41 Å². The van der Waals surface area contributed by atoms with E-state index in [1.807, 2.05) is 6.92 Å². The maximum Gasteiger partial charge on any atom is 0.227 e. The smallest absolute Gasteiger partial charge is 0.227 e. The quantitative estimate of drug-likeness (QED) is 0.724. The Balaban J connectivity index is 2.40. The summed E-state index contributed by atoms with van der Waals surface area (Å²) in [5.41, 5.74) is -0.211.